The Morgan fingerprint density at radius 1 is 1.17 bits per heavy atom. The molecule has 3 N–H and O–H groups in total. The zero-order valence-corrected chi connectivity index (χ0v) is 18.0. The highest BCUT2D eigenvalue weighted by atomic mass is 32.1. The van der Waals surface area contributed by atoms with E-state index in [0.29, 0.717) is 29.2 Å². The maximum Gasteiger partial charge on any atom is 0.253 e. The fourth-order valence-electron chi connectivity index (χ4n) is 3.83. The highest BCUT2D eigenvalue weighted by Gasteiger charge is 2.28. The first-order valence-corrected chi connectivity index (χ1v) is 11.1. The number of amides is 3. The van der Waals surface area contributed by atoms with Crippen LogP contribution in [0.1, 0.15) is 46.9 Å². The molecule has 2 heterocycles. The lowest BCUT2D eigenvalue weighted by Crippen LogP contribution is -2.49. The van der Waals surface area contributed by atoms with Crippen LogP contribution in [0.25, 0.3) is 0 Å². The number of piperidine rings is 1. The summed E-state index contributed by atoms with van der Waals surface area (Å²) >= 11 is 1.29. The molecule has 0 unspecified atom stereocenters. The molecule has 1 fully saturated rings. The van der Waals surface area contributed by atoms with Gasteiger partial charge in [-0.2, -0.15) is 0 Å². The zero-order valence-electron chi connectivity index (χ0n) is 17.2. The Hall–Kier alpha value is -2.71. The van der Waals surface area contributed by atoms with Gasteiger partial charge in [0, 0.05) is 24.7 Å². The van der Waals surface area contributed by atoms with Crippen LogP contribution in [0.3, 0.4) is 0 Å². The number of likely N-dealkylation sites (tertiary alicyclic amines) is 1. The van der Waals surface area contributed by atoms with Crippen LogP contribution < -0.4 is 11.1 Å². The van der Waals surface area contributed by atoms with Crippen LogP contribution in [-0.2, 0) is 4.79 Å². The maximum atomic E-state index is 12.7. The molecule has 1 saturated heterocycles. The van der Waals surface area contributed by atoms with Gasteiger partial charge in [0.05, 0.1) is 12.1 Å². The van der Waals surface area contributed by atoms with Crippen molar-refractivity contribution < 1.29 is 14.4 Å². The van der Waals surface area contributed by atoms with Crippen molar-refractivity contribution in [3.05, 3.63) is 52.9 Å². The van der Waals surface area contributed by atoms with Gasteiger partial charge in [0.15, 0.2) is 0 Å². The Morgan fingerprint density at radius 2 is 1.87 bits per heavy atom. The average Bonchev–Trinajstić information content (AvgIpc) is 3.22. The summed E-state index contributed by atoms with van der Waals surface area (Å²) in [5.41, 5.74) is 6.40. The second-order valence-electron chi connectivity index (χ2n) is 7.44. The van der Waals surface area contributed by atoms with Gasteiger partial charge in [-0.25, -0.2) is 0 Å². The van der Waals surface area contributed by atoms with Gasteiger partial charge in [-0.3, -0.25) is 19.3 Å². The van der Waals surface area contributed by atoms with E-state index in [4.69, 9.17) is 5.73 Å². The SMILES string of the molecule is CCCN(CC(=O)Nc1sccc1C(N)=O)C1CCN(C(=O)c2ccccc2)CC1. The largest absolute Gasteiger partial charge is 0.366 e. The summed E-state index contributed by atoms with van der Waals surface area (Å²) in [5.74, 6) is -0.644. The fourth-order valence-corrected chi connectivity index (χ4v) is 4.63. The third kappa shape index (κ3) is 5.46. The van der Waals surface area contributed by atoms with Crippen LogP contribution in [0, 0.1) is 0 Å². The molecule has 0 radical (unpaired) electrons. The Bertz CT molecular complexity index is 876. The topological polar surface area (TPSA) is 95.7 Å². The van der Waals surface area contributed by atoms with E-state index in [1.165, 1.54) is 11.3 Å². The summed E-state index contributed by atoms with van der Waals surface area (Å²) in [5, 5.41) is 5.05. The van der Waals surface area contributed by atoms with Gasteiger partial charge in [0.1, 0.15) is 5.00 Å². The number of primary amides is 1. The minimum Gasteiger partial charge on any atom is -0.366 e. The van der Waals surface area contributed by atoms with E-state index in [2.05, 4.69) is 17.1 Å². The van der Waals surface area contributed by atoms with Crippen molar-refractivity contribution in [2.75, 3.05) is 31.5 Å². The molecule has 0 bridgehead atoms. The highest BCUT2D eigenvalue weighted by Crippen LogP contribution is 2.23. The van der Waals surface area contributed by atoms with Gasteiger partial charge in [-0.05, 0) is 49.4 Å². The smallest absolute Gasteiger partial charge is 0.253 e. The molecule has 0 saturated carbocycles. The predicted octanol–water partition coefficient (Wildman–Crippen LogP) is 2.80. The number of nitrogens with zero attached hydrogens (tertiary/aromatic N) is 2. The molecule has 7 nitrogen and oxygen atoms in total. The van der Waals surface area contributed by atoms with E-state index in [1.54, 1.807) is 11.4 Å². The lowest BCUT2D eigenvalue weighted by molar-refractivity contribution is -0.118. The molecule has 2 aromatic rings. The van der Waals surface area contributed by atoms with Crippen LogP contribution >= 0.6 is 11.3 Å². The number of nitrogens with two attached hydrogens (primary N) is 1. The molecule has 3 rings (SSSR count). The quantitative estimate of drug-likeness (QED) is 0.676. The summed E-state index contributed by atoms with van der Waals surface area (Å²) in [6, 6.07) is 11.2. The molecule has 0 aliphatic carbocycles. The van der Waals surface area contributed by atoms with Crippen molar-refractivity contribution in [2.45, 2.75) is 32.2 Å². The third-order valence-electron chi connectivity index (χ3n) is 5.33. The Labute approximate surface area is 180 Å². The van der Waals surface area contributed by atoms with Crippen molar-refractivity contribution in [3.63, 3.8) is 0 Å². The molecule has 30 heavy (non-hydrogen) atoms. The standard InChI is InChI=1S/C22H28N4O3S/c1-2-11-26(15-19(27)24-21-18(20(23)28)10-14-30-21)17-8-12-25(13-9-17)22(29)16-6-4-3-5-7-16/h3-7,10,14,17H,2,8-9,11-13,15H2,1H3,(H2,23,28)(H,24,27). The van der Waals surface area contributed by atoms with Crippen LogP contribution in [0.5, 0.6) is 0 Å². The van der Waals surface area contributed by atoms with Gasteiger partial charge < -0.3 is 16.0 Å². The Kier molecular flexibility index (Phi) is 7.59. The van der Waals surface area contributed by atoms with E-state index in [9.17, 15) is 14.4 Å². The first-order chi connectivity index (χ1) is 14.5. The molecule has 1 aromatic heterocycles. The molecule has 0 atom stereocenters. The molecule has 1 aliphatic rings. The van der Waals surface area contributed by atoms with Gasteiger partial charge in [-0.15, -0.1) is 11.3 Å². The molecular weight excluding hydrogens is 400 g/mol. The number of rotatable bonds is 8. The van der Waals surface area contributed by atoms with Gasteiger partial charge >= 0.3 is 0 Å². The van der Waals surface area contributed by atoms with Crippen molar-refractivity contribution in [2.24, 2.45) is 5.73 Å². The molecule has 0 spiro atoms. The van der Waals surface area contributed by atoms with Crippen LogP contribution in [0.15, 0.2) is 41.8 Å². The van der Waals surface area contributed by atoms with E-state index < -0.39 is 5.91 Å². The van der Waals surface area contributed by atoms with Crippen molar-refractivity contribution in [3.8, 4) is 0 Å². The monoisotopic (exact) mass is 428 g/mol. The lowest BCUT2D eigenvalue weighted by Gasteiger charge is -2.38. The number of nitrogens with one attached hydrogen (secondary N) is 1. The number of thiophene rings is 1. The highest BCUT2D eigenvalue weighted by molar-refractivity contribution is 7.14. The normalized spacial score (nSPS) is 14.7. The van der Waals surface area contributed by atoms with E-state index in [0.717, 1.165) is 25.8 Å². The molecule has 1 aromatic carbocycles. The van der Waals surface area contributed by atoms with E-state index in [-0.39, 0.29) is 24.4 Å². The Balaban J connectivity index is 1.56. The summed E-state index contributed by atoms with van der Waals surface area (Å²) in [7, 11) is 0. The van der Waals surface area contributed by atoms with E-state index in [1.807, 2.05) is 35.2 Å². The van der Waals surface area contributed by atoms with Crippen LogP contribution in [-0.4, -0.2) is 59.7 Å². The summed E-state index contributed by atoms with van der Waals surface area (Å²) in [6.45, 7) is 4.50. The van der Waals surface area contributed by atoms with Gasteiger partial charge in [0.25, 0.3) is 11.8 Å². The maximum absolute atomic E-state index is 12.7. The minimum absolute atomic E-state index is 0.0607. The number of hydrogen-bond donors (Lipinski definition) is 2. The second kappa shape index (κ2) is 10.4. The third-order valence-corrected chi connectivity index (χ3v) is 6.16. The lowest BCUT2D eigenvalue weighted by atomic mass is 10.0. The number of carbonyl (C=O) groups is 3. The number of anilines is 1. The summed E-state index contributed by atoms with van der Waals surface area (Å²) in [4.78, 5) is 40.8. The first-order valence-electron chi connectivity index (χ1n) is 10.2. The zero-order chi connectivity index (χ0) is 21.5. The fraction of sp³-hybridized carbons (Fsp3) is 0.409. The van der Waals surface area contributed by atoms with E-state index >= 15 is 0 Å². The average molecular weight is 429 g/mol. The van der Waals surface area contributed by atoms with Crippen molar-refractivity contribution in [1.82, 2.24) is 9.80 Å². The Morgan fingerprint density at radius 3 is 2.50 bits per heavy atom. The minimum atomic E-state index is -0.549. The van der Waals surface area contributed by atoms with Crippen LogP contribution in [0.4, 0.5) is 5.00 Å². The molecule has 8 heteroatoms. The van der Waals surface area contributed by atoms with Gasteiger partial charge in [-0.1, -0.05) is 25.1 Å². The molecule has 1 aliphatic heterocycles. The van der Waals surface area contributed by atoms with Gasteiger partial charge in [0.2, 0.25) is 5.91 Å². The summed E-state index contributed by atoms with van der Waals surface area (Å²) < 4.78 is 0. The molecule has 160 valence electrons. The first kappa shape index (κ1) is 22.0. The molecular formula is C22H28N4O3S. The van der Waals surface area contributed by atoms with Crippen LogP contribution in [0.2, 0.25) is 0 Å². The number of benzene rings is 1. The summed E-state index contributed by atoms with van der Waals surface area (Å²) in [6.07, 6.45) is 2.59. The van der Waals surface area contributed by atoms with Crippen molar-refractivity contribution in [1.29, 1.82) is 0 Å². The number of hydrogen-bond acceptors (Lipinski definition) is 5. The predicted molar refractivity (Wildman–Crippen MR) is 119 cm³/mol. The number of carbonyl (C=O) groups excluding carboxylic acids is 3. The molecule has 3 amide bonds. The van der Waals surface area contributed by atoms with Crippen molar-refractivity contribution >= 4 is 34.1 Å². The second-order valence-corrected chi connectivity index (χ2v) is 8.35.